The van der Waals surface area contributed by atoms with Crippen molar-refractivity contribution in [2.24, 2.45) is 0 Å². The third-order valence-corrected chi connectivity index (χ3v) is 3.84. The molecule has 0 aliphatic rings. The molecule has 0 saturated carbocycles. The summed E-state index contributed by atoms with van der Waals surface area (Å²) in [6.07, 6.45) is -0.655. The molecule has 0 amide bonds. The molecule has 0 aliphatic heterocycles. The third-order valence-electron chi connectivity index (χ3n) is 3.84. The number of aryl methyl sites for hydroxylation is 3. The van der Waals surface area contributed by atoms with Gasteiger partial charge in [0, 0.05) is 6.42 Å². The fourth-order valence-electron chi connectivity index (χ4n) is 2.77. The van der Waals surface area contributed by atoms with Gasteiger partial charge in [-0.1, -0.05) is 29.8 Å². The SMILES string of the molecule is COc1ccccc1O[C@H](Cc1c(C)cc(C)cc1C)C(=O)O. The van der Waals surface area contributed by atoms with Gasteiger partial charge >= 0.3 is 5.97 Å². The first kappa shape index (κ1) is 16.9. The summed E-state index contributed by atoms with van der Waals surface area (Å²) >= 11 is 0. The van der Waals surface area contributed by atoms with E-state index >= 15 is 0 Å². The molecule has 0 spiro atoms. The van der Waals surface area contributed by atoms with Crippen LogP contribution in [0.3, 0.4) is 0 Å². The van der Waals surface area contributed by atoms with Crippen LogP contribution in [0.5, 0.6) is 11.5 Å². The monoisotopic (exact) mass is 314 g/mol. The van der Waals surface area contributed by atoms with Gasteiger partial charge in [0.25, 0.3) is 0 Å². The molecule has 0 unspecified atom stereocenters. The van der Waals surface area contributed by atoms with Gasteiger partial charge in [0.05, 0.1) is 7.11 Å². The van der Waals surface area contributed by atoms with Crippen LogP contribution in [0.4, 0.5) is 0 Å². The van der Waals surface area contributed by atoms with Gasteiger partial charge in [-0.25, -0.2) is 4.79 Å². The van der Waals surface area contributed by atoms with Crippen LogP contribution in [0, 0.1) is 20.8 Å². The van der Waals surface area contributed by atoms with Crippen molar-refractivity contribution in [3.8, 4) is 11.5 Å². The molecular formula is C19H22O4. The number of para-hydroxylation sites is 2. The molecule has 4 heteroatoms. The van der Waals surface area contributed by atoms with Crippen molar-refractivity contribution in [2.45, 2.75) is 33.3 Å². The summed E-state index contributed by atoms with van der Waals surface area (Å²) in [5, 5.41) is 9.53. The highest BCUT2D eigenvalue weighted by Crippen LogP contribution is 2.28. The summed E-state index contributed by atoms with van der Waals surface area (Å²) in [5.41, 5.74) is 4.34. The van der Waals surface area contributed by atoms with Crippen LogP contribution in [0.25, 0.3) is 0 Å². The second-order valence-corrected chi connectivity index (χ2v) is 5.68. The number of hydrogen-bond acceptors (Lipinski definition) is 3. The molecule has 1 atom stereocenters. The summed E-state index contributed by atoms with van der Waals surface area (Å²) in [6, 6.07) is 11.2. The maximum absolute atomic E-state index is 11.6. The van der Waals surface area contributed by atoms with Crippen molar-refractivity contribution in [1.29, 1.82) is 0 Å². The van der Waals surface area contributed by atoms with Crippen molar-refractivity contribution in [3.05, 3.63) is 58.7 Å². The minimum atomic E-state index is -0.990. The van der Waals surface area contributed by atoms with Gasteiger partial charge in [0.1, 0.15) is 0 Å². The second kappa shape index (κ2) is 7.18. The van der Waals surface area contributed by atoms with Crippen molar-refractivity contribution in [2.75, 3.05) is 7.11 Å². The van der Waals surface area contributed by atoms with Crippen LogP contribution in [0.2, 0.25) is 0 Å². The summed E-state index contributed by atoms with van der Waals surface area (Å²) in [7, 11) is 1.53. The molecule has 4 nitrogen and oxygen atoms in total. The fraction of sp³-hybridized carbons (Fsp3) is 0.316. The molecule has 0 radical (unpaired) electrons. The highest BCUT2D eigenvalue weighted by Gasteiger charge is 2.23. The summed E-state index contributed by atoms with van der Waals surface area (Å²) < 4.78 is 10.9. The number of aliphatic carboxylic acids is 1. The maximum atomic E-state index is 11.6. The third kappa shape index (κ3) is 4.03. The van der Waals surface area contributed by atoms with E-state index in [-0.39, 0.29) is 0 Å². The minimum absolute atomic E-state index is 0.311. The van der Waals surface area contributed by atoms with Gasteiger partial charge in [-0.15, -0.1) is 0 Å². The first-order chi connectivity index (χ1) is 10.9. The molecule has 23 heavy (non-hydrogen) atoms. The number of hydrogen-bond donors (Lipinski definition) is 1. The van der Waals surface area contributed by atoms with E-state index in [0.29, 0.717) is 17.9 Å². The number of ether oxygens (including phenoxy) is 2. The predicted octanol–water partition coefficient (Wildman–Crippen LogP) is 3.70. The molecule has 0 bridgehead atoms. The number of carboxylic acids is 1. The Morgan fingerprint density at radius 2 is 1.65 bits per heavy atom. The Labute approximate surface area is 136 Å². The van der Waals surface area contributed by atoms with Gasteiger partial charge in [0.15, 0.2) is 17.6 Å². The molecule has 0 fully saturated rings. The average molecular weight is 314 g/mol. The lowest BCUT2D eigenvalue weighted by Gasteiger charge is -2.19. The minimum Gasteiger partial charge on any atom is -0.493 e. The van der Waals surface area contributed by atoms with Gasteiger partial charge in [-0.2, -0.15) is 0 Å². The van der Waals surface area contributed by atoms with E-state index in [1.54, 1.807) is 18.2 Å². The van der Waals surface area contributed by atoms with Gasteiger partial charge < -0.3 is 14.6 Å². The standard InChI is InChI=1S/C19H22O4/c1-12-9-13(2)15(14(3)10-12)11-18(19(20)21)23-17-8-6-5-7-16(17)22-4/h5-10,18H,11H2,1-4H3,(H,20,21)/t18-/m1/s1. The summed E-state index contributed by atoms with van der Waals surface area (Å²) in [5.74, 6) is -0.0313. The Hall–Kier alpha value is -2.49. The van der Waals surface area contributed by atoms with E-state index in [4.69, 9.17) is 9.47 Å². The van der Waals surface area contributed by atoms with Crippen LogP contribution in [0.1, 0.15) is 22.3 Å². The molecule has 0 aromatic heterocycles. The topological polar surface area (TPSA) is 55.8 Å². The Bertz CT molecular complexity index is 683. The molecule has 2 aromatic carbocycles. The van der Waals surface area contributed by atoms with Gasteiger partial charge in [0.2, 0.25) is 0 Å². The van der Waals surface area contributed by atoms with Crippen LogP contribution >= 0.6 is 0 Å². The quantitative estimate of drug-likeness (QED) is 0.883. The van der Waals surface area contributed by atoms with Crippen molar-refractivity contribution in [3.63, 3.8) is 0 Å². The zero-order valence-corrected chi connectivity index (χ0v) is 13.9. The largest absolute Gasteiger partial charge is 0.493 e. The predicted molar refractivity (Wildman–Crippen MR) is 89.4 cm³/mol. The lowest BCUT2D eigenvalue weighted by molar-refractivity contribution is -0.145. The Balaban J connectivity index is 2.28. The normalized spacial score (nSPS) is 11.8. The molecule has 0 saturated heterocycles. The fourth-order valence-corrected chi connectivity index (χ4v) is 2.77. The molecule has 0 aliphatic carbocycles. The zero-order valence-electron chi connectivity index (χ0n) is 13.9. The smallest absolute Gasteiger partial charge is 0.345 e. The Morgan fingerprint density at radius 1 is 1.09 bits per heavy atom. The van der Waals surface area contributed by atoms with Crippen molar-refractivity contribution in [1.82, 2.24) is 0 Å². The Kier molecular flexibility index (Phi) is 5.27. The van der Waals surface area contributed by atoms with E-state index in [2.05, 4.69) is 12.1 Å². The van der Waals surface area contributed by atoms with E-state index < -0.39 is 12.1 Å². The average Bonchev–Trinajstić information content (AvgIpc) is 2.49. The van der Waals surface area contributed by atoms with Gasteiger partial charge in [-0.05, 0) is 49.6 Å². The van der Waals surface area contributed by atoms with Gasteiger partial charge in [-0.3, -0.25) is 0 Å². The molecule has 0 heterocycles. The molecule has 2 aromatic rings. The first-order valence-electron chi connectivity index (χ1n) is 7.51. The van der Waals surface area contributed by atoms with E-state index in [1.165, 1.54) is 12.7 Å². The van der Waals surface area contributed by atoms with Crippen molar-refractivity contribution >= 4 is 5.97 Å². The van der Waals surface area contributed by atoms with Crippen LogP contribution < -0.4 is 9.47 Å². The van der Waals surface area contributed by atoms with Crippen molar-refractivity contribution < 1.29 is 19.4 Å². The molecule has 1 N–H and O–H groups in total. The molecule has 2 rings (SSSR count). The van der Waals surface area contributed by atoms with E-state index in [0.717, 1.165) is 16.7 Å². The lowest BCUT2D eigenvalue weighted by atomic mass is 9.95. The lowest BCUT2D eigenvalue weighted by Crippen LogP contribution is -2.30. The summed E-state index contributed by atoms with van der Waals surface area (Å²) in [4.78, 5) is 11.6. The number of methoxy groups -OCH3 is 1. The number of rotatable bonds is 6. The van der Waals surface area contributed by atoms with E-state index in [9.17, 15) is 9.90 Å². The number of carboxylic acid groups (broad SMARTS) is 1. The zero-order chi connectivity index (χ0) is 17.0. The molecular weight excluding hydrogens is 292 g/mol. The number of carbonyl (C=O) groups is 1. The number of benzene rings is 2. The molecule has 122 valence electrons. The highest BCUT2D eigenvalue weighted by molar-refractivity contribution is 5.73. The van der Waals surface area contributed by atoms with Crippen LogP contribution in [-0.4, -0.2) is 24.3 Å². The summed E-state index contributed by atoms with van der Waals surface area (Å²) in [6.45, 7) is 6.03. The second-order valence-electron chi connectivity index (χ2n) is 5.68. The Morgan fingerprint density at radius 3 is 2.17 bits per heavy atom. The highest BCUT2D eigenvalue weighted by atomic mass is 16.5. The maximum Gasteiger partial charge on any atom is 0.345 e. The van der Waals surface area contributed by atoms with Crippen LogP contribution in [0.15, 0.2) is 36.4 Å². The first-order valence-corrected chi connectivity index (χ1v) is 7.51. The van der Waals surface area contributed by atoms with E-state index in [1.807, 2.05) is 26.8 Å². The van der Waals surface area contributed by atoms with Crippen LogP contribution in [-0.2, 0) is 11.2 Å².